The van der Waals surface area contributed by atoms with Crippen molar-refractivity contribution in [1.82, 2.24) is 0 Å². The van der Waals surface area contributed by atoms with Crippen LogP contribution in [0.5, 0.6) is 0 Å². The van der Waals surface area contributed by atoms with Gasteiger partial charge in [0.05, 0.1) is 33.9 Å². The topological polar surface area (TPSA) is 9.23 Å². The van der Waals surface area contributed by atoms with E-state index in [9.17, 15) is 0 Å². The first-order valence-corrected chi connectivity index (χ1v) is 9.48. The van der Waals surface area contributed by atoms with E-state index >= 15 is 0 Å². The van der Waals surface area contributed by atoms with Crippen LogP contribution in [0.4, 0.5) is 0 Å². The Morgan fingerprint density at radius 1 is 1.00 bits per heavy atom. The molecule has 1 aliphatic heterocycles. The predicted molar refractivity (Wildman–Crippen MR) is 93.7 cm³/mol. The molecule has 0 aromatic carbocycles. The monoisotopic (exact) mass is 312 g/mol. The smallest absolute Gasteiger partial charge is 0.129 e. The second kappa shape index (κ2) is 7.19. The maximum atomic E-state index is 6.37. The Kier molecular flexibility index (Phi) is 5.95. The molecular formula is C19H40N2O+2. The minimum Gasteiger partial charge on any atom is -0.372 e. The van der Waals surface area contributed by atoms with Gasteiger partial charge >= 0.3 is 0 Å². The molecule has 1 saturated carbocycles. The van der Waals surface area contributed by atoms with Crippen LogP contribution in [0.2, 0.25) is 0 Å². The van der Waals surface area contributed by atoms with E-state index in [1.54, 1.807) is 0 Å². The van der Waals surface area contributed by atoms with Gasteiger partial charge in [0, 0.05) is 0 Å². The summed E-state index contributed by atoms with van der Waals surface area (Å²) >= 11 is 0. The standard InChI is InChI=1S/C19H40N2O/c1-16(2)18-8-7-17(3)19(15-18)22-14-13-21(6)11-9-20(4,5)10-12-21/h16-19H,7-15H2,1-6H3/q+2. The van der Waals surface area contributed by atoms with E-state index in [1.807, 2.05) is 0 Å². The van der Waals surface area contributed by atoms with Gasteiger partial charge in [0.15, 0.2) is 0 Å². The molecule has 1 aliphatic carbocycles. The van der Waals surface area contributed by atoms with Crippen molar-refractivity contribution in [2.45, 2.75) is 46.1 Å². The first-order valence-electron chi connectivity index (χ1n) is 9.48. The number of hydrogen-bond acceptors (Lipinski definition) is 1. The number of ether oxygens (including phenoxy) is 1. The van der Waals surface area contributed by atoms with Crippen molar-refractivity contribution in [2.75, 3.05) is 60.5 Å². The molecule has 3 heteroatoms. The first kappa shape index (κ1) is 18.2. The number of likely N-dealkylation sites (N-methyl/N-ethyl adjacent to an activating group) is 2. The highest BCUT2D eigenvalue weighted by molar-refractivity contribution is 4.80. The van der Waals surface area contributed by atoms with Gasteiger partial charge in [-0.1, -0.05) is 20.8 Å². The average molecular weight is 313 g/mol. The van der Waals surface area contributed by atoms with Gasteiger partial charge in [-0.2, -0.15) is 0 Å². The van der Waals surface area contributed by atoms with Crippen molar-refractivity contribution in [3.63, 3.8) is 0 Å². The average Bonchev–Trinajstić information content (AvgIpc) is 2.45. The summed E-state index contributed by atoms with van der Waals surface area (Å²) in [5.74, 6) is 2.43. The lowest BCUT2D eigenvalue weighted by atomic mass is 9.76. The SMILES string of the molecule is CC(C)C1CCC(C)C(OCC[N+]2(C)CC[N+](C)(C)CC2)C1. The van der Waals surface area contributed by atoms with Gasteiger partial charge < -0.3 is 13.7 Å². The third kappa shape index (κ3) is 4.94. The highest BCUT2D eigenvalue weighted by Gasteiger charge is 2.35. The van der Waals surface area contributed by atoms with Crippen molar-refractivity contribution in [2.24, 2.45) is 17.8 Å². The van der Waals surface area contributed by atoms with Gasteiger partial charge in [0.25, 0.3) is 0 Å². The highest BCUT2D eigenvalue weighted by Crippen LogP contribution is 2.34. The Balaban J connectivity index is 1.75. The Labute approximate surface area is 138 Å². The molecule has 1 heterocycles. The molecule has 2 rings (SSSR count). The molecule has 0 bridgehead atoms. The molecule has 0 amide bonds. The van der Waals surface area contributed by atoms with Crippen LogP contribution in [0.25, 0.3) is 0 Å². The van der Waals surface area contributed by atoms with Gasteiger partial charge in [-0.25, -0.2) is 0 Å². The molecule has 0 N–H and O–H groups in total. The van der Waals surface area contributed by atoms with Gasteiger partial charge in [0.2, 0.25) is 0 Å². The summed E-state index contributed by atoms with van der Waals surface area (Å²) in [6.45, 7) is 14.5. The Bertz CT molecular complexity index is 343. The van der Waals surface area contributed by atoms with E-state index in [2.05, 4.69) is 41.9 Å². The van der Waals surface area contributed by atoms with Gasteiger partial charge in [-0.15, -0.1) is 0 Å². The molecule has 2 aliphatic rings. The van der Waals surface area contributed by atoms with Gasteiger partial charge in [-0.05, 0) is 37.0 Å². The number of piperazine rings is 1. The van der Waals surface area contributed by atoms with Crippen LogP contribution in [-0.4, -0.2) is 75.5 Å². The van der Waals surface area contributed by atoms with E-state index < -0.39 is 0 Å². The fraction of sp³-hybridized carbons (Fsp3) is 1.00. The second-order valence-corrected chi connectivity index (χ2v) is 9.38. The Morgan fingerprint density at radius 2 is 1.64 bits per heavy atom. The van der Waals surface area contributed by atoms with Crippen LogP contribution in [0, 0.1) is 17.8 Å². The molecule has 3 unspecified atom stereocenters. The molecule has 0 radical (unpaired) electrons. The summed E-state index contributed by atoms with van der Waals surface area (Å²) in [4.78, 5) is 0. The maximum absolute atomic E-state index is 6.37. The van der Waals surface area contributed by atoms with Crippen LogP contribution in [-0.2, 0) is 4.74 Å². The molecular weight excluding hydrogens is 272 g/mol. The summed E-state index contributed by atoms with van der Waals surface area (Å²) in [6, 6.07) is 0. The normalized spacial score (nSPS) is 34.8. The van der Waals surface area contributed by atoms with Crippen molar-refractivity contribution >= 4 is 0 Å². The Hall–Kier alpha value is -0.120. The minimum absolute atomic E-state index is 0.504. The fourth-order valence-electron chi connectivity index (χ4n) is 4.05. The van der Waals surface area contributed by atoms with Crippen molar-refractivity contribution in [3.8, 4) is 0 Å². The van der Waals surface area contributed by atoms with E-state index in [0.717, 1.165) is 24.4 Å². The number of hydrogen-bond donors (Lipinski definition) is 0. The predicted octanol–water partition coefficient (Wildman–Crippen LogP) is 3.00. The van der Waals surface area contributed by atoms with Crippen LogP contribution < -0.4 is 0 Å². The zero-order valence-electron chi connectivity index (χ0n) is 16.0. The molecule has 0 aromatic rings. The lowest BCUT2D eigenvalue weighted by Gasteiger charge is -2.44. The number of rotatable bonds is 5. The van der Waals surface area contributed by atoms with Crippen LogP contribution >= 0.6 is 0 Å². The maximum Gasteiger partial charge on any atom is 0.129 e. The molecule has 1 saturated heterocycles. The summed E-state index contributed by atoms with van der Waals surface area (Å²) in [6.07, 6.45) is 4.54. The van der Waals surface area contributed by atoms with Crippen molar-refractivity contribution < 1.29 is 13.7 Å². The molecule has 2 fully saturated rings. The summed E-state index contributed by atoms with van der Waals surface area (Å²) in [5, 5.41) is 0. The zero-order chi connectivity index (χ0) is 16.4. The summed E-state index contributed by atoms with van der Waals surface area (Å²) in [5.41, 5.74) is 0. The molecule has 130 valence electrons. The van der Waals surface area contributed by atoms with Crippen molar-refractivity contribution in [1.29, 1.82) is 0 Å². The summed E-state index contributed by atoms with van der Waals surface area (Å²) in [7, 11) is 7.13. The van der Waals surface area contributed by atoms with Gasteiger partial charge in [0.1, 0.15) is 32.7 Å². The third-order valence-corrected chi connectivity index (χ3v) is 6.56. The first-order chi connectivity index (χ1) is 10.2. The van der Waals surface area contributed by atoms with E-state index in [1.165, 1.54) is 61.0 Å². The van der Waals surface area contributed by atoms with Crippen LogP contribution in [0.15, 0.2) is 0 Å². The second-order valence-electron chi connectivity index (χ2n) is 9.38. The van der Waals surface area contributed by atoms with Crippen LogP contribution in [0.1, 0.15) is 40.0 Å². The summed E-state index contributed by atoms with van der Waals surface area (Å²) < 4.78 is 8.76. The molecule has 22 heavy (non-hydrogen) atoms. The van der Waals surface area contributed by atoms with E-state index in [0.29, 0.717) is 6.10 Å². The van der Waals surface area contributed by atoms with E-state index in [4.69, 9.17) is 4.74 Å². The van der Waals surface area contributed by atoms with Gasteiger partial charge in [-0.3, -0.25) is 0 Å². The lowest BCUT2D eigenvalue weighted by Crippen LogP contribution is -2.63. The van der Waals surface area contributed by atoms with E-state index in [-0.39, 0.29) is 0 Å². The largest absolute Gasteiger partial charge is 0.372 e. The lowest BCUT2D eigenvalue weighted by molar-refractivity contribution is -1.01. The molecule has 3 atom stereocenters. The minimum atomic E-state index is 0.504. The van der Waals surface area contributed by atoms with Crippen LogP contribution in [0.3, 0.4) is 0 Å². The Morgan fingerprint density at radius 3 is 2.23 bits per heavy atom. The number of nitrogens with zero attached hydrogens (tertiary/aromatic N) is 2. The third-order valence-electron chi connectivity index (χ3n) is 6.56. The molecule has 0 aromatic heterocycles. The highest BCUT2D eigenvalue weighted by atomic mass is 16.5. The van der Waals surface area contributed by atoms with Crippen molar-refractivity contribution in [3.05, 3.63) is 0 Å². The zero-order valence-corrected chi connectivity index (χ0v) is 16.0. The fourth-order valence-corrected chi connectivity index (χ4v) is 4.05. The molecule has 3 nitrogen and oxygen atoms in total. The number of quaternary nitrogens is 2. The quantitative estimate of drug-likeness (QED) is 0.709. The molecule has 0 spiro atoms.